The number of aromatic nitrogens is 1. The number of rotatable bonds is 7. The van der Waals surface area contributed by atoms with Crippen LogP contribution in [-0.2, 0) is 20.9 Å². The van der Waals surface area contributed by atoms with E-state index in [0.29, 0.717) is 17.7 Å². The predicted molar refractivity (Wildman–Crippen MR) is 135 cm³/mol. The number of anilines is 1. The smallest absolute Gasteiger partial charge is 0.251 e. The van der Waals surface area contributed by atoms with Crippen molar-refractivity contribution in [2.24, 2.45) is 5.92 Å². The highest BCUT2D eigenvalue weighted by molar-refractivity contribution is 6.04. The molecule has 2 aromatic carbocycles. The van der Waals surface area contributed by atoms with Gasteiger partial charge in [-0.15, -0.1) is 0 Å². The summed E-state index contributed by atoms with van der Waals surface area (Å²) in [5.41, 5.74) is 2.96. The number of hydrogen-bond acceptors (Lipinski definition) is 5. The first kappa shape index (κ1) is 24.3. The number of hydrogen-bond donors (Lipinski definition) is 3. The third-order valence-electron chi connectivity index (χ3n) is 6.48. The molecular formula is C27H31N5O3. The van der Waals surface area contributed by atoms with E-state index < -0.39 is 18.1 Å². The van der Waals surface area contributed by atoms with Gasteiger partial charge in [0.1, 0.15) is 12.1 Å². The van der Waals surface area contributed by atoms with Crippen LogP contribution in [0.3, 0.4) is 0 Å². The Balaban J connectivity index is 1.65. The van der Waals surface area contributed by atoms with Gasteiger partial charge in [0.25, 0.3) is 5.91 Å². The average molecular weight is 474 g/mol. The zero-order valence-corrected chi connectivity index (χ0v) is 20.4. The Morgan fingerprint density at radius 2 is 1.74 bits per heavy atom. The van der Waals surface area contributed by atoms with Crippen LogP contribution in [0.25, 0.3) is 10.9 Å². The van der Waals surface area contributed by atoms with Crippen LogP contribution < -0.4 is 16.0 Å². The highest BCUT2D eigenvalue weighted by atomic mass is 16.2. The molecule has 0 aliphatic carbocycles. The molecule has 0 radical (unpaired) electrons. The highest BCUT2D eigenvalue weighted by Gasteiger charge is 2.42. The maximum atomic E-state index is 13.8. The molecule has 3 atom stereocenters. The second-order valence-corrected chi connectivity index (χ2v) is 9.18. The maximum absolute atomic E-state index is 13.8. The molecule has 8 heteroatoms. The lowest BCUT2D eigenvalue weighted by atomic mass is 10.0. The zero-order chi connectivity index (χ0) is 25.1. The molecule has 0 bridgehead atoms. The standard InChI is InChI=1S/C27H31N5O3/c1-16(2)22(31-25(33)17(3)28-4)27(35)32-15-19-9-5-6-12-20(19)24(32)26(34)30-21-13-7-10-18-11-8-14-29-23(18)21/h5-14,16-17,22,24,28H,15H2,1-4H3,(H,30,34)(H,31,33)/t17?,22?,24-/m0/s1. The predicted octanol–water partition coefficient (Wildman–Crippen LogP) is 3.01. The van der Waals surface area contributed by atoms with E-state index in [2.05, 4.69) is 20.9 Å². The summed E-state index contributed by atoms with van der Waals surface area (Å²) < 4.78 is 0. The van der Waals surface area contributed by atoms with Crippen molar-refractivity contribution in [2.45, 2.75) is 45.4 Å². The molecular weight excluding hydrogens is 442 g/mol. The van der Waals surface area contributed by atoms with Crippen LogP contribution >= 0.6 is 0 Å². The van der Waals surface area contributed by atoms with Crippen LogP contribution in [0.4, 0.5) is 5.69 Å². The first-order chi connectivity index (χ1) is 16.8. The van der Waals surface area contributed by atoms with Crippen molar-refractivity contribution in [1.82, 2.24) is 20.5 Å². The van der Waals surface area contributed by atoms with Gasteiger partial charge in [0.15, 0.2) is 0 Å². The fraction of sp³-hybridized carbons (Fsp3) is 0.333. The summed E-state index contributed by atoms with van der Waals surface area (Å²) >= 11 is 0. The van der Waals surface area contributed by atoms with Crippen molar-refractivity contribution in [3.8, 4) is 0 Å². The van der Waals surface area contributed by atoms with Crippen LogP contribution in [0.5, 0.6) is 0 Å². The number of nitrogens with one attached hydrogen (secondary N) is 3. The first-order valence-corrected chi connectivity index (χ1v) is 11.8. The lowest BCUT2D eigenvalue weighted by Gasteiger charge is -2.31. The van der Waals surface area contributed by atoms with Gasteiger partial charge in [-0.1, -0.05) is 56.3 Å². The highest BCUT2D eigenvalue weighted by Crippen LogP contribution is 2.36. The van der Waals surface area contributed by atoms with Gasteiger partial charge < -0.3 is 20.9 Å². The van der Waals surface area contributed by atoms with E-state index in [1.807, 2.05) is 62.4 Å². The van der Waals surface area contributed by atoms with E-state index in [1.54, 1.807) is 31.1 Å². The molecule has 1 aromatic heterocycles. The number of benzene rings is 2. The van der Waals surface area contributed by atoms with Crippen molar-refractivity contribution in [3.05, 3.63) is 71.9 Å². The van der Waals surface area contributed by atoms with E-state index in [9.17, 15) is 14.4 Å². The van der Waals surface area contributed by atoms with Crippen LogP contribution in [0.2, 0.25) is 0 Å². The Bertz CT molecular complexity index is 1250. The largest absolute Gasteiger partial charge is 0.343 e. The molecule has 8 nitrogen and oxygen atoms in total. The molecule has 182 valence electrons. The van der Waals surface area contributed by atoms with Gasteiger partial charge in [-0.05, 0) is 43.1 Å². The minimum atomic E-state index is -0.822. The molecule has 1 aliphatic rings. The summed E-state index contributed by atoms with van der Waals surface area (Å²) in [7, 11) is 1.69. The van der Waals surface area contributed by atoms with Crippen molar-refractivity contribution in [2.75, 3.05) is 12.4 Å². The van der Waals surface area contributed by atoms with Crippen LogP contribution in [0.1, 0.15) is 37.9 Å². The molecule has 2 unspecified atom stereocenters. The fourth-order valence-corrected chi connectivity index (χ4v) is 4.38. The Morgan fingerprint density at radius 1 is 1.00 bits per heavy atom. The lowest BCUT2D eigenvalue weighted by Crippen LogP contribution is -2.55. The molecule has 0 spiro atoms. The number of para-hydroxylation sites is 1. The molecule has 2 heterocycles. The van der Waals surface area contributed by atoms with Crippen LogP contribution in [0, 0.1) is 5.92 Å². The van der Waals surface area contributed by atoms with Crippen molar-refractivity contribution < 1.29 is 14.4 Å². The molecule has 4 rings (SSSR count). The third kappa shape index (κ3) is 4.88. The summed E-state index contributed by atoms with van der Waals surface area (Å²) in [6.07, 6.45) is 1.68. The molecule has 1 aliphatic heterocycles. The van der Waals surface area contributed by atoms with E-state index in [1.165, 1.54) is 0 Å². The first-order valence-electron chi connectivity index (χ1n) is 11.8. The van der Waals surface area contributed by atoms with Gasteiger partial charge in [-0.3, -0.25) is 19.4 Å². The molecule has 0 saturated carbocycles. The van der Waals surface area contributed by atoms with Gasteiger partial charge in [0.05, 0.1) is 17.2 Å². The number of amides is 3. The quantitative estimate of drug-likeness (QED) is 0.490. The third-order valence-corrected chi connectivity index (χ3v) is 6.48. The lowest BCUT2D eigenvalue weighted by molar-refractivity contribution is -0.143. The van der Waals surface area contributed by atoms with Gasteiger partial charge in [0.2, 0.25) is 11.8 Å². The minimum absolute atomic E-state index is 0.162. The van der Waals surface area contributed by atoms with Gasteiger partial charge in [0, 0.05) is 18.1 Å². The normalized spacial score (nSPS) is 16.6. The monoisotopic (exact) mass is 473 g/mol. The number of nitrogens with zero attached hydrogens (tertiary/aromatic N) is 2. The molecule has 3 amide bonds. The average Bonchev–Trinajstić information content (AvgIpc) is 3.26. The summed E-state index contributed by atoms with van der Waals surface area (Å²) in [5.74, 6) is -1.03. The topological polar surface area (TPSA) is 103 Å². The van der Waals surface area contributed by atoms with E-state index in [-0.39, 0.29) is 23.6 Å². The fourth-order valence-electron chi connectivity index (χ4n) is 4.38. The summed E-state index contributed by atoms with van der Waals surface area (Å²) in [6, 6.07) is 14.9. The zero-order valence-electron chi connectivity index (χ0n) is 20.4. The summed E-state index contributed by atoms with van der Waals surface area (Å²) in [4.78, 5) is 46.0. The molecule has 3 N–H and O–H groups in total. The molecule has 0 saturated heterocycles. The Hall–Kier alpha value is -3.78. The number of carbonyl (C=O) groups excluding carboxylic acids is 3. The second-order valence-electron chi connectivity index (χ2n) is 9.18. The maximum Gasteiger partial charge on any atom is 0.251 e. The number of likely N-dealkylation sites (N-methyl/N-ethyl adjacent to an activating group) is 1. The van der Waals surface area contributed by atoms with E-state index >= 15 is 0 Å². The Morgan fingerprint density at radius 3 is 2.49 bits per heavy atom. The van der Waals surface area contributed by atoms with Crippen LogP contribution in [0.15, 0.2) is 60.8 Å². The van der Waals surface area contributed by atoms with E-state index in [0.717, 1.165) is 16.5 Å². The van der Waals surface area contributed by atoms with Crippen molar-refractivity contribution in [3.63, 3.8) is 0 Å². The van der Waals surface area contributed by atoms with Gasteiger partial charge in [-0.2, -0.15) is 0 Å². The molecule has 0 fully saturated rings. The number of pyridine rings is 1. The van der Waals surface area contributed by atoms with Crippen molar-refractivity contribution in [1.29, 1.82) is 0 Å². The van der Waals surface area contributed by atoms with Crippen molar-refractivity contribution >= 4 is 34.3 Å². The SMILES string of the molecule is CNC(C)C(=O)NC(C(=O)N1Cc2ccccc2[C@H]1C(=O)Nc1cccc2cccnc12)C(C)C. The number of fused-ring (bicyclic) bond motifs is 2. The van der Waals surface area contributed by atoms with Gasteiger partial charge >= 0.3 is 0 Å². The van der Waals surface area contributed by atoms with Crippen LogP contribution in [-0.4, -0.2) is 46.7 Å². The van der Waals surface area contributed by atoms with Gasteiger partial charge in [-0.25, -0.2) is 0 Å². The van der Waals surface area contributed by atoms with E-state index in [4.69, 9.17) is 0 Å². The second kappa shape index (κ2) is 10.2. The minimum Gasteiger partial charge on any atom is -0.343 e. The number of carbonyl (C=O) groups is 3. The summed E-state index contributed by atoms with van der Waals surface area (Å²) in [6.45, 7) is 5.79. The Labute approximate surface area is 205 Å². The molecule has 3 aromatic rings. The summed E-state index contributed by atoms with van der Waals surface area (Å²) in [5, 5.41) is 9.67. The molecule has 35 heavy (non-hydrogen) atoms. The Kier molecular flexibility index (Phi) is 7.12.